The molecule has 0 atom stereocenters. The molecule has 0 spiro atoms. The number of halogens is 1. The summed E-state index contributed by atoms with van der Waals surface area (Å²) in [6.45, 7) is 3.05. The molecule has 1 heterocycles. The molecule has 33 heavy (non-hydrogen) atoms. The second-order valence-electron chi connectivity index (χ2n) is 7.11. The van der Waals surface area contributed by atoms with E-state index in [2.05, 4.69) is 15.1 Å². The van der Waals surface area contributed by atoms with Crippen LogP contribution in [0.2, 0.25) is 5.02 Å². The molecule has 4 rings (SSSR count). The average molecular weight is 479 g/mol. The Bertz CT molecular complexity index is 1290. The van der Waals surface area contributed by atoms with E-state index >= 15 is 0 Å². The van der Waals surface area contributed by atoms with Crippen LogP contribution in [0, 0.1) is 0 Å². The summed E-state index contributed by atoms with van der Waals surface area (Å²) in [7, 11) is 0. The molecule has 1 amide bonds. The number of aromatic nitrogens is 2. The number of benzene rings is 3. The maximum absolute atomic E-state index is 12.4. The third-order valence-electron chi connectivity index (χ3n) is 4.85. The molecule has 0 aliphatic carbocycles. The summed E-state index contributed by atoms with van der Waals surface area (Å²) < 4.78 is 7.65. The van der Waals surface area contributed by atoms with E-state index in [1.54, 1.807) is 6.21 Å². The first-order valence-electron chi connectivity index (χ1n) is 10.5. The topological polar surface area (TPSA) is 68.5 Å². The van der Waals surface area contributed by atoms with Crippen molar-refractivity contribution in [2.75, 3.05) is 12.4 Å². The maximum Gasteiger partial charge on any atom is 0.250 e. The van der Waals surface area contributed by atoms with Gasteiger partial charge in [0, 0.05) is 10.6 Å². The number of fused-ring (bicyclic) bond motifs is 1. The highest BCUT2D eigenvalue weighted by atomic mass is 35.5. The lowest BCUT2D eigenvalue weighted by molar-refractivity contribution is -0.118. The number of hydrogen-bond acceptors (Lipinski definition) is 5. The summed E-state index contributed by atoms with van der Waals surface area (Å²) >= 11 is 7.74. The van der Waals surface area contributed by atoms with Crippen LogP contribution >= 0.6 is 23.4 Å². The number of thioether (sulfide) groups is 1. The second kappa shape index (κ2) is 11.0. The van der Waals surface area contributed by atoms with E-state index < -0.39 is 0 Å². The number of nitrogens with one attached hydrogen (secondary N) is 1. The van der Waals surface area contributed by atoms with Crippen LogP contribution < -0.4 is 10.2 Å². The van der Waals surface area contributed by atoms with Crippen LogP contribution in [0.25, 0.3) is 11.0 Å². The molecule has 1 aromatic heterocycles. The molecule has 6 nitrogen and oxygen atoms in total. The van der Waals surface area contributed by atoms with E-state index in [0.29, 0.717) is 18.2 Å². The SMILES string of the molecule is CCOc1ccccc1/C=N/NC(=O)CSc1nc2ccccc2n1Cc1ccccc1Cl. The molecule has 0 saturated heterocycles. The van der Waals surface area contributed by atoms with Crippen molar-refractivity contribution in [1.82, 2.24) is 15.0 Å². The highest BCUT2D eigenvalue weighted by molar-refractivity contribution is 7.99. The van der Waals surface area contributed by atoms with Gasteiger partial charge in [-0.1, -0.05) is 65.8 Å². The quantitative estimate of drug-likeness (QED) is 0.199. The maximum atomic E-state index is 12.4. The lowest BCUT2D eigenvalue weighted by Gasteiger charge is -2.10. The van der Waals surface area contributed by atoms with E-state index in [0.717, 1.165) is 33.1 Å². The van der Waals surface area contributed by atoms with Gasteiger partial charge in [0.2, 0.25) is 0 Å². The first kappa shape index (κ1) is 22.9. The predicted octanol–water partition coefficient (Wildman–Crippen LogP) is 5.38. The zero-order chi connectivity index (χ0) is 23.0. The van der Waals surface area contributed by atoms with Crippen LogP contribution in [0.15, 0.2) is 83.1 Å². The predicted molar refractivity (Wildman–Crippen MR) is 134 cm³/mol. The number of hydrazone groups is 1. The highest BCUT2D eigenvalue weighted by Crippen LogP contribution is 2.27. The zero-order valence-corrected chi connectivity index (χ0v) is 19.6. The molecule has 1 N–H and O–H groups in total. The summed E-state index contributed by atoms with van der Waals surface area (Å²) in [5.41, 5.74) is 6.24. The fourth-order valence-corrected chi connectivity index (χ4v) is 4.33. The first-order chi connectivity index (χ1) is 16.2. The monoisotopic (exact) mass is 478 g/mol. The minimum absolute atomic E-state index is 0.177. The van der Waals surface area contributed by atoms with Gasteiger partial charge in [-0.25, -0.2) is 10.4 Å². The third kappa shape index (κ3) is 5.74. The fraction of sp³-hybridized carbons (Fsp3) is 0.160. The Hall–Kier alpha value is -3.29. The Kier molecular flexibility index (Phi) is 7.65. The van der Waals surface area contributed by atoms with Gasteiger partial charge in [-0.05, 0) is 42.8 Å². The number of nitrogens with zero attached hydrogens (tertiary/aromatic N) is 3. The second-order valence-corrected chi connectivity index (χ2v) is 8.46. The number of para-hydroxylation sites is 3. The standard InChI is InChI=1S/C25H23ClN4O2S/c1-2-32-23-14-8-4-9-18(23)15-27-29-24(31)17-33-25-28-21-12-6-7-13-22(21)30(25)16-19-10-3-5-11-20(19)26/h3-15H,2,16-17H2,1H3,(H,29,31)/b27-15+. The van der Waals surface area contributed by atoms with Gasteiger partial charge in [0.15, 0.2) is 5.16 Å². The van der Waals surface area contributed by atoms with Crippen molar-refractivity contribution in [2.24, 2.45) is 5.10 Å². The van der Waals surface area contributed by atoms with Gasteiger partial charge in [-0.15, -0.1) is 0 Å². The van der Waals surface area contributed by atoms with Crippen molar-refractivity contribution < 1.29 is 9.53 Å². The van der Waals surface area contributed by atoms with E-state index in [-0.39, 0.29) is 11.7 Å². The van der Waals surface area contributed by atoms with Crippen LogP contribution in [-0.4, -0.2) is 34.0 Å². The van der Waals surface area contributed by atoms with E-state index in [1.807, 2.05) is 79.7 Å². The molecule has 0 aliphatic heterocycles. The van der Waals surface area contributed by atoms with Gasteiger partial charge in [-0.2, -0.15) is 5.10 Å². The summed E-state index contributed by atoms with van der Waals surface area (Å²) in [6.07, 6.45) is 1.58. The summed E-state index contributed by atoms with van der Waals surface area (Å²) in [4.78, 5) is 17.1. The van der Waals surface area contributed by atoms with Crippen molar-refractivity contribution in [3.05, 3.63) is 88.9 Å². The number of rotatable bonds is 9. The number of carbonyl (C=O) groups is 1. The molecule has 4 aromatic rings. The number of carbonyl (C=O) groups excluding carboxylic acids is 1. The van der Waals surface area contributed by atoms with Gasteiger partial charge in [-0.3, -0.25) is 4.79 Å². The molecule has 0 unspecified atom stereocenters. The van der Waals surface area contributed by atoms with E-state index in [1.165, 1.54) is 11.8 Å². The molecule has 0 radical (unpaired) electrons. The highest BCUT2D eigenvalue weighted by Gasteiger charge is 2.14. The van der Waals surface area contributed by atoms with Crippen molar-refractivity contribution in [2.45, 2.75) is 18.6 Å². The molecular weight excluding hydrogens is 456 g/mol. The van der Waals surface area contributed by atoms with Crippen molar-refractivity contribution in [3.63, 3.8) is 0 Å². The van der Waals surface area contributed by atoms with Crippen LogP contribution in [0.5, 0.6) is 5.75 Å². The van der Waals surface area contributed by atoms with Gasteiger partial charge in [0.05, 0.1) is 36.2 Å². The lowest BCUT2D eigenvalue weighted by atomic mass is 10.2. The Morgan fingerprint density at radius 3 is 2.73 bits per heavy atom. The molecule has 0 bridgehead atoms. The number of imidazole rings is 1. The van der Waals surface area contributed by atoms with Gasteiger partial charge in [0.1, 0.15) is 5.75 Å². The lowest BCUT2D eigenvalue weighted by Crippen LogP contribution is -2.20. The third-order valence-corrected chi connectivity index (χ3v) is 6.20. The zero-order valence-electron chi connectivity index (χ0n) is 18.1. The molecule has 0 saturated carbocycles. The molecule has 0 fully saturated rings. The Morgan fingerprint density at radius 2 is 1.88 bits per heavy atom. The minimum atomic E-state index is -0.221. The molecule has 8 heteroatoms. The minimum Gasteiger partial charge on any atom is -0.493 e. The smallest absolute Gasteiger partial charge is 0.250 e. The number of amides is 1. The van der Waals surface area contributed by atoms with Crippen LogP contribution in [0.3, 0.4) is 0 Å². The van der Waals surface area contributed by atoms with Gasteiger partial charge in [0.25, 0.3) is 5.91 Å². The molecule has 0 aliphatic rings. The van der Waals surface area contributed by atoms with E-state index in [4.69, 9.17) is 21.3 Å². The normalized spacial score (nSPS) is 11.2. The summed E-state index contributed by atoms with van der Waals surface area (Å²) in [5, 5.41) is 5.53. The Morgan fingerprint density at radius 1 is 1.12 bits per heavy atom. The fourth-order valence-electron chi connectivity index (χ4n) is 3.32. The molecule has 3 aromatic carbocycles. The first-order valence-corrected chi connectivity index (χ1v) is 11.9. The largest absolute Gasteiger partial charge is 0.493 e. The summed E-state index contributed by atoms with van der Waals surface area (Å²) in [6, 6.07) is 23.2. The molecule has 168 valence electrons. The van der Waals surface area contributed by atoms with Gasteiger partial charge < -0.3 is 9.30 Å². The Balaban J connectivity index is 1.45. The summed E-state index contributed by atoms with van der Waals surface area (Å²) in [5.74, 6) is 0.679. The van der Waals surface area contributed by atoms with Crippen molar-refractivity contribution in [1.29, 1.82) is 0 Å². The van der Waals surface area contributed by atoms with Crippen molar-refractivity contribution in [3.8, 4) is 5.75 Å². The van der Waals surface area contributed by atoms with Crippen molar-refractivity contribution >= 4 is 46.5 Å². The molecular formula is C25H23ClN4O2S. The van der Waals surface area contributed by atoms with Crippen LogP contribution in [-0.2, 0) is 11.3 Å². The average Bonchev–Trinajstić information content (AvgIpc) is 3.18. The van der Waals surface area contributed by atoms with Crippen LogP contribution in [0.4, 0.5) is 0 Å². The van der Waals surface area contributed by atoms with Crippen LogP contribution in [0.1, 0.15) is 18.1 Å². The number of ether oxygens (including phenoxy) is 1. The van der Waals surface area contributed by atoms with Gasteiger partial charge >= 0.3 is 0 Å². The Labute approximate surface area is 201 Å². The van der Waals surface area contributed by atoms with E-state index in [9.17, 15) is 4.79 Å². The number of hydrogen-bond donors (Lipinski definition) is 1.